The van der Waals surface area contributed by atoms with Crippen LogP contribution in [0.15, 0.2) is 120 Å². The summed E-state index contributed by atoms with van der Waals surface area (Å²) in [4.78, 5) is 4.96. The molecule has 1 atom stereocenters. The number of hydrogen-bond donors (Lipinski definition) is 1. The van der Waals surface area contributed by atoms with Gasteiger partial charge in [-0.3, -0.25) is 0 Å². The molecule has 0 saturated heterocycles. The fourth-order valence-electron chi connectivity index (χ4n) is 3.53. The molecule has 0 aliphatic rings. The number of benzene rings is 4. The van der Waals surface area contributed by atoms with E-state index >= 15 is 0 Å². The van der Waals surface area contributed by atoms with Gasteiger partial charge >= 0.3 is 0 Å². The van der Waals surface area contributed by atoms with E-state index in [1.54, 1.807) is 0 Å². The molecule has 3 heteroatoms. The molecule has 0 spiro atoms. The van der Waals surface area contributed by atoms with Gasteiger partial charge in [0, 0.05) is 16.8 Å². The Morgan fingerprint density at radius 3 is 2.00 bits per heavy atom. The van der Waals surface area contributed by atoms with E-state index < -0.39 is 0 Å². The lowest BCUT2D eigenvalue weighted by Gasteiger charge is -2.23. The Labute approximate surface area is 184 Å². The maximum absolute atomic E-state index is 5.92. The number of anilines is 1. The Morgan fingerprint density at radius 2 is 1.32 bits per heavy atom. The van der Waals surface area contributed by atoms with E-state index in [1.165, 1.54) is 5.56 Å². The maximum atomic E-state index is 5.92. The van der Waals surface area contributed by atoms with E-state index in [1.807, 2.05) is 73.7 Å². The number of rotatable bonds is 7. The van der Waals surface area contributed by atoms with E-state index in [-0.39, 0.29) is 6.04 Å². The summed E-state index contributed by atoms with van der Waals surface area (Å²) in [6.45, 7) is 2.54. The van der Waals surface area contributed by atoms with Gasteiger partial charge in [-0.25, -0.2) is 4.99 Å². The van der Waals surface area contributed by atoms with Crippen LogP contribution in [-0.2, 0) is 4.74 Å². The van der Waals surface area contributed by atoms with Gasteiger partial charge < -0.3 is 10.1 Å². The first kappa shape index (κ1) is 20.4. The minimum atomic E-state index is -0.0535. The molecule has 0 aromatic heterocycles. The van der Waals surface area contributed by atoms with Crippen molar-refractivity contribution in [2.75, 3.05) is 11.9 Å². The number of ether oxygens (including phenoxy) is 1. The molecular formula is C28H26N2O. The van der Waals surface area contributed by atoms with Crippen molar-refractivity contribution in [3.05, 3.63) is 132 Å². The van der Waals surface area contributed by atoms with Crippen molar-refractivity contribution in [2.24, 2.45) is 4.99 Å². The number of nitrogens with one attached hydrogen (secondary N) is 1. The van der Waals surface area contributed by atoms with Gasteiger partial charge in [0.05, 0.1) is 18.3 Å². The molecule has 3 nitrogen and oxygen atoms in total. The standard InChI is InChI=1S/C28H26N2O/c1-2-31-28(23-16-8-4-9-17-23)30-26-21-13-12-20-25(26)27(22-14-6-3-7-15-22)29-24-18-10-5-11-19-24/h3-21,27,29H,2H2,1H3. The van der Waals surface area contributed by atoms with Crippen LogP contribution < -0.4 is 5.32 Å². The number of hydrogen-bond acceptors (Lipinski definition) is 3. The summed E-state index contributed by atoms with van der Waals surface area (Å²) in [5, 5.41) is 3.69. The van der Waals surface area contributed by atoms with Gasteiger partial charge in [0.25, 0.3) is 0 Å². The fourth-order valence-corrected chi connectivity index (χ4v) is 3.53. The van der Waals surface area contributed by atoms with Crippen molar-refractivity contribution in [1.29, 1.82) is 0 Å². The number of nitrogens with zero attached hydrogens (tertiary/aromatic N) is 1. The molecule has 4 rings (SSSR count). The van der Waals surface area contributed by atoms with Gasteiger partial charge in [0.1, 0.15) is 0 Å². The molecule has 4 aromatic rings. The lowest BCUT2D eigenvalue weighted by atomic mass is 9.96. The van der Waals surface area contributed by atoms with Crippen LogP contribution in [0.5, 0.6) is 0 Å². The molecule has 0 fully saturated rings. The molecule has 31 heavy (non-hydrogen) atoms. The second-order valence-corrected chi connectivity index (χ2v) is 7.13. The third kappa shape index (κ3) is 5.20. The Balaban J connectivity index is 1.80. The van der Waals surface area contributed by atoms with Crippen LogP contribution in [0.25, 0.3) is 0 Å². The Bertz CT molecular complexity index is 1110. The van der Waals surface area contributed by atoms with Gasteiger partial charge in [-0.05, 0) is 42.8 Å². The molecule has 4 aromatic carbocycles. The van der Waals surface area contributed by atoms with Gasteiger partial charge in [-0.1, -0.05) is 84.9 Å². The predicted octanol–water partition coefficient (Wildman–Crippen LogP) is 7.00. The summed E-state index contributed by atoms with van der Waals surface area (Å²) in [7, 11) is 0. The zero-order valence-electron chi connectivity index (χ0n) is 17.6. The Kier molecular flexibility index (Phi) is 6.76. The third-order valence-electron chi connectivity index (χ3n) is 4.99. The summed E-state index contributed by atoms with van der Waals surface area (Å²) in [5.41, 5.74) is 5.17. The van der Waals surface area contributed by atoms with Gasteiger partial charge in [-0.15, -0.1) is 0 Å². The SMILES string of the molecule is CCOC(=Nc1ccccc1C(Nc1ccccc1)c1ccccc1)c1ccccc1. The quantitative estimate of drug-likeness (QED) is 0.265. The highest BCUT2D eigenvalue weighted by atomic mass is 16.5. The minimum Gasteiger partial charge on any atom is -0.478 e. The summed E-state index contributed by atoms with van der Waals surface area (Å²) in [6, 6.07) is 38.9. The molecule has 1 unspecified atom stereocenters. The zero-order valence-corrected chi connectivity index (χ0v) is 17.6. The average Bonchev–Trinajstić information content (AvgIpc) is 2.84. The number of aliphatic imine (C=N–C) groups is 1. The Morgan fingerprint density at radius 1 is 0.742 bits per heavy atom. The van der Waals surface area contributed by atoms with E-state index in [0.717, 1.165) is 22.5 Å². The highest BCUT2D eigenvalue weighted by Gasteiger charge is 2.18. The normalized spacial score (nSPS) is 12.2. The van der Waals surface area contributed by atoms with Crippen molar-refractivity contribution >= 4 is 17.3 Å². The van der Waals surface area contributed by atoms with Crippen LogP contribution in [0.3, 0.4) is 0 Å². The molecular weight excluding hydrogens is 380 g/mol. The summed E-state index contributed by atoms with van der Waals surface area (Å²) >= 11 is 0. The smallest absolute Gasteiger partial charge is 0.221 e. The predicted molar refractivity (Wildman–Crippen MR) is 129 cm³/mol. The minimum absolute atomic E-state index is 0.0535. The lowest BCUT2D eigenvalue weighted by molar-refractivity contribution is 0.329. The van der Waals surface area contributed by atoms with Crippen LogP contribution in [0.2, 0.25) is 0 Å². The highest BCUT2D eigenvalue weighted by Crippen LogP contribution is 2.33. The summed E-state index contributed by atoms with van der Waals surface area (Å²) < 4.78 is 5.92. The average molecular weight is 407 g/mol. The van der Waals surface area contributed by atoms with Crippen LogP contribution in [0.4, 0.5) is 11.4 Å². The topological polar surface area (TPSA) is 33.6 Å². The van der Waals surface area contributed by atoms with Gasteiger partial charge in [0.15, 0.2) is 0 Å². The molecule has 0 radical (unpaired) electrons. The fraction of sp³-hybridized carbons (Fsp3) is 0.107. The lowest BCUT2D eigenvalue weighted by Crippen LogP contribution is -2.13. The van der Waals surface area contributed by atoms with Crippen LogP contribution >= 0.6 is 0 Å². The van der Waals surface area contributed by atoms with Crippen molar-refractivity contribution in [3.8, 4) is 0 Å². The molecule has 154 valence electrons. The number of para-hydroxylation sites is 2. The first-order valence-corrected chi connectivity index (χ1v) is 10.6. The van der Waals surface area contributed by atoms with Crippen LogP contribution in [0.1, 0.15) is 29.7 Å². The maximum Gasteiger partial charge on any atom is 0.221 e. The zero-order chi connectivity index (χ0) is 21.3. The van der Waals surface area contributed by atoms with Gasteiger partial charge in [-0.2, -0.15) is 0 Å². The van der Waals surface area contributed by atoms with Crippen molar-refractivity contribution in [1.82, 2.24) is 0 Å². The van der Waals surface area contributed by atoms with Crippen LogP contribution in [-0.4, -0.2) is 12.5 Å². The monoisotopic (exact) mass is 406 g/mol. The molecule has 0 aliphatic heterocycles. The summed E-state index contributed by atoms with van der Waals surface area (Å²) in [5.74, 6) is 0.627. The molecule has 0 amide bonds. The van der Waals surface area contributed by atoms with Crippen molar-refractivity contribution in [3.63, 3.8) is 0 Å². The van der Waals surface area contributed by atoms with E-state index in [4.69, 9.17) is 9.73 Å². The molecule has 0 bridgehead atoms. The van der Waals surface area contributed by atoms with E-state index in [0.29, 0.717) is 12.5 Å². The van der Waals surface area contributed by atoms with E-state index in [2.05, 4.69) is 53.8 Å². The van der Waals surface area contributed by atoms with Crippen LogP contribution in [0, 0.1) is 0 Å². The molecule has 0 aliphatic carbocycles. The van der Waals surface area contributed by atoms with E-state index in [9.17, 15) is 0 Å². The van der Waals surface area contributed by atoms with Crippen molar-refractivity contribution in [2.45, 2.75) is 13.0 Å². The molecule has 0 heterocycles. The van der Waals surface area contributed by atoms with Gasteiger partial charge in [0.2, 0.25) is 5.90 Å². The first-order chi connectivity index (χ1) is 15.3. The highest BCUT2D eigenvalue weighted by molar-refractivity contribution is 5.96. The second kappa shape index (κ2) is 10.3. The van der Waals surface area contributed by atoms with Crippen molar-refractivity contribution < 1.29 is 4.74 Å². The second-order valence-electron chi connectivity index (χ2n) is 7.13. The summed E-state index contributed by atoms with van der Waals surface area (Å²) in [6.07, 6.45) is 0. The molecule has 1 N–H and O–H groups in total. The molecule has 0 saturated carbocycles. The Hall–Kier alpha value is -3.85. The third-order valence-corrected chi connectivity index (χ3v) is 4.99. The largest absolute Gasteiger partial charge is 0.478 e. The first-order valence-electron chi connectivity index (χ1n) is 10.6.